The standard InChI is InChI=1S/C13H19NO2/c1-13(15)9-14-8-11(13)7-10-5-3-4-6-12(10)16-2/h3-6,11,14-15H,7-9H2,1-2H3. The summed E-state index contributed by atoms with van der Waals surface area (Å²) in [5.41, 5.74) is 0.555. The van der Waals surface area contributed by atoms with Gasteiger partial charge >= 0.3 is 0 Å². The molecule has 2 rings (SSSR count). The van der Waals surface area contributed by atoms with E-state index < -0.39 is 5.60 Å². The van der Waals surface area contributed by atoms with Crippen LogP contribution in [0.1, 0.15) is 12.5 Å². The van der Waals surface area contributed by atoms with Crippen LogP contribution >= 0.6 is 0 Å². The van der Waals surface area contributed by atoms with Gasteiger partial charge in [-0.1, -0.05) is 18.2 Å². The van der Waals surface area contributed by atoms with Crippen molar-refractivity contribution in [3.63, 3.8) is 0 Å². The molecular formula is C13H19NO2. The average Bonchev–Trinajstić information content (AvgIpc) is 2.59. The molecule has 3 nitrogen and oxygen atoms in total. The van der Waals surface area contributed by atoms with Crippen LogP contribution in [0.3, 0.4) is 0 Å². The Morgan fingerprint density at radius 1 is 1.50 bits per heavy atom. The molecule has 2 atom stereocenters. The molecule has 1 aliphatic heterocycles. The fourth-order valence-corrected chi connectivity index (χ4v) is 2.29. The van der Waals surface area contributed by atoms with Crippen molar-refractivity contribution in [3.8, 4) is 5.75 Å². The summed E-state index contributed by atoms with van der Waals surface area (Å²) in [5, 5.41) is 13.4. The molecule has 2 unspecified atom stereocenters. The van der Waals surface area contributed by atoms with E-state index in [-0.39, 0.29) is 5.92 Å². The van der Waals surface area contributed by atoms with Gasteiger partial charge in [0.1, 0.15) is 5.75 Å². The number of aliphatic hydroxyl groups is 1. The highest BCUT2D eigenvalue weighted by Crippen LogP contribution is 2.28. The van der Waals surface area contributed by atoms with E-state index in [2.05, 4.69) is 11.4 Å². The molecule has 3 heteroatoms. The molecule has 0 radical (unpaired) electrons. The van der Waals surface area contributed by atoms with E-state index in [1.165, 1.54) is 5.56 Å². The second-order valence-electron chi connectivity index (χ2n) is 4.70. The molecule has 2 N–H and O–H groups in total. The fraction of sp³-hybridized carbons (Fsp3) is 0.538. The van der Waals surface area contributed by atoms with Gasteiger partial charge in [0.15, 0.2) is 0 Å². The molecule has 0 spiro atoms. The topological polar surface area (TPSA) is 41.5 Å². The molecule has 1 heterocycles. The van der Waals surface area contributed by atoms with Gasteiger partial charge in [0.2, 0.25) is 0 Å². The Morgan fingerprint density at radius 3 is 2.88 bits per heavy atom. The predicted octanol–water partition coefficient (Wildman–Crippen LogP) is 1.21. The van der Waals surface area contributed by atoms with E-state index >= 15 is 0 Å². The van der Waals surface area contributed by atoms with Crippen molar-refractivity contribution in [3.05, 3.63) is 29.8 Å². The lowest BCUT2D eigenvalue weighted by Gasteiger charge is -2.24. The first-order chi connectivity index (χ1) is 7.63. The lowest BCUT2D eigenvalue weighted by molar-refractivity contribution is 0.0361. The number of rotatable bonds is 3. The Balaban J connectivity index is 2.14. The number of para-hydroxylation sites is 1. The smallest absolute Gasteiger partial charge is 0.122 e. The lowest BCUT2D eigenvalue weighted by atomic mass is 9.87. The van der Waals surface area contributed by atoms with Crippen molar-refractivity contribution in [2.75, 3.05) is 20.2 Å². The zero-order valence-corrected chi connectivity index (χ0v) is 9.86. The maximum absolute atomic E-state index is 10.2. The summed E-state index contributed by atoms with van der Waals surface area (Å²) >= 11 is 0. The summed E-state index contributed by atoms with van der Waals surface area (Å²) in [7, 11) is 1.68. The van der Waals surface area contributed by atoms with Gasteiger partial charge in [0, 0.05) is 19.0 Å². The van der Waals surface area contributed by atoms with Gasteiger partial charge < -0.3 is 15.2 Å². The van der Waals surface area contributed by atoms with Crippen LogP contribution in [0, 0.1) is 5.92 Å². The third-order valence-electron chi connectivity index (χ3n) is 3.41. The van der Waals surface area contributed by atoms with Crippen LogP contribution in [0.2, 0.25) is 0 Å². The third kappa shape index (κ3) is 2.20. The first kappa shape index (κ1) is 11.4. The van der Waals surface area contributed by atoms with E-state index in [0.717, 1.165) is 18.7 Å². The van der Waals surface area contributed by atoms with Crippen molar-refractivity contribution in [1.82, 2.24) is 5.32 Å². The second-order valence-corrected chi connectivity index (χ2v) is 4.70. The molecule has 1 aromatic rings. The predicted molar refractivity (Wildman–Crippen MR) is 63.7 cm³/mol. The maximum Gasteiger partial charge on any atom is 0.122 e. The van der Waals surface area contributed by atoms with Gasteiger partial charge in [-0.3, -0.25) is 0 Å². The van der Waals surface area contributed by atoms with Crippen molar-refractivity contribution in [1.29, 1.82) is 0 Å². The third-order valence-corrected chi connectivity index (χ3v) is 3.41. The Hall–Kier alpha value is -1.06. The zero-order valence-electron chi connectivity index (χ0n) is 9.86. The minimum absolute atomic E-state index is 0.254. The van der Waals surface area contributed by atoms with Crippen LogP contribution in [0.25, 0.3) is 0 Å². The Kier molecular flexibility index (Phi) is 3.17. The summed E-state index contributed by atoms with van der Waals surface area (Å²) in [6.45, 7) is 3.44. The SMILES string of the molecule is COc1ccccc1CC1CNCC1(C)O. The van der Waals surface area contributed by atoms with Crippen LogP contribution in [0.5, 0.6) is 5.75 Å². The molecule has 1 saturated heterocycles. The molecule has 1 fully saturated rings. The number of nitrogens with one attached hydrogen (secondary N) is 1. The molecule has 16 heavy (non-hydrogen) atoms. The Morgan fingerprint density at radius 2 is 2.25 bits per heavy atom. The summed E-state index contributed by atoms with van der Waals surface area (Å²) in [6, 6.07) is 8.00. The molecule has 88 valence electrons. The highest BCUT2D eigenvalue weighted by Gasteiger charge is 2.36. The largest absolute Gasteiger partial charge is 0.496 e. The van der Waals surface area contributed by atoms with Crippen LogP contribution in [0.15, 0.2) is 24.3 Å². The number of β-amino-alcohol motifs (C(OH)–C–C–N with tert-alkyl or cyclic N) is 1. The molecule has 0 bridgehead atoms. The Bertz CT molecular complexity index is 363. The highest BCUT2D eigenvalue weighted by molar-refractivity contribution is 5.34. The van der Waals surface area contributed by atoms with Crippen LogP contribution in [-0.4, -0.2) is 30.9 Å². The summed E-state index contributed by atoms with van der Waals surface area (Å²) in [5.74, 6) is 1.16. The average molecular weight is 221 g/mol. The number of hydrogen-bond donors (Lipinski definition) is 2. The highest BCUT2D eigenvalue weighted by atomic mass is 16.5. The summed E-state index contributed by atoms with van der Waals surface area (Å²) in [4.78, 5) is 0. The number of ether oxygens (including phenoxy) is 1. The minimum Gasteiger partial charge on any atom is -0.496 e. The summed E-state index contributed by atoms with van der Waals surface area (Å²) in [6.07, 6.45) is 0.851. The van der Waals surface area contributed by atoms with E-state index in [1.54, 1.807) is 7.11 Å². The van der Waals surface area contributed by atoms with Crippen molar-refractivity contribution in [2.24, 2.45) is 5.92 Å². The molecule has 0 saturated carbocycles. The fourth-order valence-electron chi connectivity index (χ4n) is 2.29. The van der Waals surface area contributed by atoms with Crippen LogP contribution in [-0.2, 0) is 6.42 Å². The quantitative estimate of drug-likeness (QED) is 0.806. The number of methoxy groups -OCH3 is 1. The van der Waals surface area contributed by atoms with Crippen molar-refractivity contribution < 1.29 is 9.84 Å². The molecule has 1 aromatic carbocycles. The van der Waals surface area contributed by atoms with Gasteiger partial charge in [0.25, 0.3) is 0 Å². The minimum atomic E-state index is -0.610. The molecule has 0 aromatic heterocycles. The second kappa shape index (κ2) is 4.44. The normalized spacial score (nSPS) is 29.3. The molecule has 1 aliphatic rings. The van der Waals surface area contributed by atoms with Gasteiger partial charge in [-0.25, -0.2) is 0 Å². The Labute approximate surface area is 96.4 Å². The monoisotopic (exact) mass is 221 g/mol. The van der Waals surface area contributed by atoms with Crippen molar-refractivity contribution >= 4 is 0 Å². The number of hydrogen-bond acceptors (Lipinski definition) is 3. The van der Waals surface area contributed by atoms with E-state index in [4.69, 9.17) is 4.74 Å². The van der Waals surface area contributed by atoms with Gasteiger partial charge in [-0.05, 0) is 25.0 Å². The first-order valence-corrected chi connectivity index (χ1v) is 5.68. The molecule has 0 amide bonds. The van der Waals surface area contributed by atoms with Gasteiger partial charge in [0.05, 0.1) is 12.7 Å². The zero-order chi connectivity index (χ0) is 11.6. The first-order valence-electron chi connectivity index (χ1n) is 5.68. The maximum atomic E-state index is 10.2. The van der Waals surface area contributed by atoms with Gasteiger partial charge in [-0.15, -0.1) is 0 Å². The molecule has 0 aliphatic carbocycles. The lowest BCUT2D eigenvalue weighted by Crippen LogP contribution is -2.35. The van der Waals surface area contributed by atoms with E-state index in [0.29, 0.717) is 6.54 Å². The van der Waals surface area contributed by atoms with Crippen molar-refractivity contribution in [2.45, 2.75) is 18.9 Å². The molecular weight excluding hydrogens is 202 g/mol. The van der Waals surface area contributed by atoms with E-state index in [9.17, 15) is 5.11 Å². The van der Waals surface area contributed by atoms with Gasteiger partial charge in [-0.2, -0.15) is 0 Å². The number of benzene rings is 1. The summed E-state index contributed by atoms with van der Waals surface area (Å²) < 4.78 is 5.32. The van der Waals surface area contributed by atoms with Crippen LogP contribution in [0.4, 0.5) is 0 Å². The van der Waals surface area contributed by atoms with Crippen LogP contribution < -0.4 is 10.1 Å². The van der Waals surface area contributed by atoms with E-state index in [1.807, 2.05) is 25.1 Å².